The first-order valence-electron chi connectivity index (χ1n) is 13.4. The highest BCUT2D eigenvalue weighted by Gasteiger charge is 2.54. The van der Waals surface area contributed by atoms with Gasteiger partial charge in [-0.15, -0.1) is 0 Å². The van der Waals surface area contributed by atoms with Gasteiger partial charge in [0, 0.05) is 6.20 Å². The zero-order valence-electron chi connectivity index (χ0n) is 23.0. The quantitative estimate of drug-likeness (QED) is 0.291. The minimum Gasteiger partial charge on any atom is -0.497 e. The van der Waals surface area contributed by atoms with Crippen LogP contribution >= 0.6 is 0 Å². The fraction of sp³-hybridized carbons (Fsp3) is 0.258. The molecule has 3 N–H and O–H groups in total. The Balaban J connectivity index is 1.42. The number of aromatic nitrogens is 2. The lowest BCUT2D eigenvalue weighted by atomic mass is 9.80. The summed E-state index contributed by atoms with van der Waals surface area (Å²) >= 11 is 0. The van der Waals surface area contributed by atoms with Crippen molar-refractivity contribution < 1.29 is 28.5 Å². The molecule has 0 radical (unpaired) electrons. The van der Waals surface area contributed by atoms with Crippen LogP contribution in [0.4, 0.5) is 10.6 Å². The number of ether oxygens (including phenoxy) is 5. The van der Waals surface area contributed by atoms with E-state index in [-0.39, 0.29) is 12.4 Å². The Hall–Kier alpha value is -4.87. The highest BCUT2D eigenvalue weighted by Crippen LogP contribution is 2.43. The van der Waals surface area contributed by atoms with Crippen LogP contribution in [0.5, 0.6) is 11.5 Å². The van der Waals surface area contributed by atoms with Gasteiger partial charge < -0.3 is 34.7 Å². The number of carbonyl (C=O) groups is 1. The number of hydrogen-bond donors (Lipinski definition) is 2. The van der Waals surface area contributed by atoms with Gasteiger partial charge >= 0.3 is 11.8 Å². The van der Waals surface area contributed by atoms with Crippen molar-refractivity contribution in [3.63, 3.8) is 0 Å². The highest BCUT2D eigenvalue weighted by atomic mass is 16.6. The number of methoxy groups -OCH3 is 2. The van der Waals surface area contributed by atoms with E-state index in [2.05, 4.69) is 10.3 Å². The van der Waals surface area contributed by atoms with E-state index in [1.807, 2.05) is 78.9 Å². The van der Waals surface area contributed by atoms with Crippen LogP contribution in [0.2, 0.25) is 0 Å². The second kappa shape index (κ2) is 11.2. The summed E-state index contributed by atoms with van der Waals surface area (Å²) in [6.45, 7) is 0.0106. The molecule has 1 aromatic heterocycles. The van der Waals surface area contributed by atoms with Gasteiger partial charge in [-0.05, 0) is 47.0 Å². The van der Waals surface area contributed by atoms with Gasteiger partial charge in [0.25, 0.3) is 0 Å². The van der Waals surface area contributed by atoms with Crippen molar-refractivity contribution >= 4 is 11.9 Å². The zero-order chi connectivity index (χ0) is 29.3. The van der Waals surface area contributed by atoms with Crippen molar-refractivity contribution in [3.05, 3.63) is 118 Å². The van der Waals surface area contributed by atoms with E-state index in [0.29, 0.717) is 11.5 Å². The van der Waals surface area contributed by atoms with Crippen LogP contribution < -0.4 is 26.2 Å². The molecule has 0 bridgehead atoms. The SMILES string of the molecule is COc1ccc(C(OC[C@H]2O[C@@H](n3ccc(N)nc3=O)[C@@H]3NC(=O)O[C@@H]32)(c2ccccc2)c2ccc(OC)cc2)cc1. The maximum atomic E-state index is 12.7. The molecule has 11 heteroatoms. The Bertz CT molecular complexity index is 1560. The third kappa shape index (κ3) is 4.82. The average molecular weight is 571 g/mol. The Labute approximate surface area is 241 Å². The van der Waals surface area contributed by atoms with Gasteiger partial charge in [0.15, 0.2) is 12.3 Å². The number of alkyl carbamates (subject to hydrolysis) is 1. The number of benzene rings is 3. The fourth-order valence-electron chi connectivity index (χ4n) is 5.60. The molecule has 2 saturated heterocycles. The van der Waals surface area contributed by atoms with Crippen molar-refractivity contribution in [2.24, 2.45) is 0 Å². The van der Waals surface area contributed by atoms with Gasteiger partial charge in [0.2, 0.25) is 0 Å². The fourth-order valence-corrected chi connectivity index (χ4v) is 5.60. The first-order chi connectivity index (χ1) is 20.4. The second-order valence-corrected chi connectivity index (χ2v) is 9.96. The summed E-state index contributed by atoms with van der Waals surface area (Å²) in [5, 5.41) is 2.77. The summed E-state index contributed by atoms with van der Waals surface area (Å²) in [5.74, 6) is 1.49. The molecule has 0 unspecified atom stereocenters. The zero-order valence-corrected chi connectivity index (χ0v) is 23.0. The molecule has 2 aliphatic rings. The number of nitrogens with zero attached hydrogens (tertiary/aromatic N) is 2. The van der Waals surface area contributed by atoms with Gasteiger partial charge in [-0.2, -0.15) is 4.98 Å². The summed E-state index contributed by atoms with van der Waals surface area (Å²) in [7, 11) is 3.23. The normalized spacial score (nSPS) is 21.3. The van der Waals surface area contributed by atoms with Crippen molar-refractivity contribution in [2.75, 3.05) is 26.6 Å². The molecule has 0 aliphatic carbocycles. The monoisotopic (exact) mass is 570 g/mol. The number of rotatable bonds is 9. The molecule has 2 fully saturated rings. The summed E-state index contributed by atoms with van der Waals surface area (Å²) < 4.78 is 31.0. The number of nitrogens with two attached hydrogens (primary N) is 1. The standard InChI is InChI=1S/C31H30N4O7/c1-38-22-12-8-20(9-13-22)31(19-6-4-3-5-7-19,21-10-14-23(39-2)15-11-21)40-18-24-27-26(34-30(37)42-27)28(41-24)35-17-16-25(32)33-29(35)36/h3-17,24,26-28H,18H2,1-2H3,(H,34,37)(H2,32,33,36)/t24-,26-,27-,28-/m1/s1. The van der Waals surface area contributed by atoms with E-state index in [0.717, 1.165) is 16.7 Å². The molecule has 0 spiro atoms. The second-order valence-electron chi connectivity index (χ2n) is 9.96. The Morgan fingerprint density at radius 3 is 2.05 bits per heavy atom. The maximum Gasteiger partial charge on any atom is 0.408 e. The van der Waals surface area contributed by atoms with Crippen LogP contribution in [-0.2, 0) is 19.8 Å². The molecule has 4 aromatic rings. The first-order valence-corrected chi connectivity index (χ1v) is 13.4. The van der Waals surface area contributed by atoms with Crippen molar-refractivity contribution in [3.8, 4) is 11.5 Å². The smallest absolute Gasteiger partial charge is 0.408 e. The van der Waals surface area contributed by atoms with E-state index in [1.165, 1.54) is 16.8 Å². The molecule has 42 heavy (non-hydrogen) atoms. The van der Waals surface area contributed by atoms with Crippen molar-refractivity contribution in [1.29, 1.82) is 0 Å². The molecule has 216 valence electrons. The van der Waals surface area contributed by atoms with Crippen LogP contribution in [0.15, 0.2) is 95.9 Å². The maximum absolute atomic E-state index is 12.7. The minimum absolute atomic E-state index is 0.0106. The molecular weight excluding hydrogens is 540 g/mol. The summed E-state index contributed by atoms with van der Waals surface area (Å²) in [5.41, 5.74) is 6.53. The third-order valence-corrected chi connectivity index (χ3v) is 7.63. The molecule has 6 rings (SSSR count). The largest absolute Gasteiger partial charge is 0.497 e. The van der Waals surface area contributed by atoms with E-state index < -0.39 is 41.9 Å². The molecule has 3 heterocycles. The van der Waals surface area contributed by atoms with Crippen LogP contribution in [0.1, 0.15) is 22.9 Å². The third-order valence-electron chi connectivity index (χ3n) is 7.63. The lowest BCUT2D eigenvalue weighted by molar-refractivity contribution is -0.0970. The topological polar surface area (TPSA) is 136 Å². The minimum atomic E-state index is -1.10. The lowest BCUT2D eigenvalue weighted by Gasteiger charge is -2.37. The van der Waals surface area contributed by atoms with Crippen molar-refractivity contribution in [2.45, 2.75) is 30.1 Å². The van der Waals surface area contributed by atoms with Gasteiger partial charge in [0.05, 0.1) is 20.8 Å². The molecule has 3 aromatic carbocycles. The van der Waals surface area contributed by atoms with Gasteiger partial charge in [-0.25, -0.2) is 9.59 Å². The predicted molar refractivity (Wildman–Crippen MR) is 152 cm³/mol. The number of amides is 1. The first kappa shape index (κ1) is 27.3. The summed E-state index contributed by atoms with van der Waals surface area (Å²) in [6, 6.07) is 26.0. The highest BCUT2D eigenvalue weighted by molar-refractivity contribution is 5.70. The summed E-state index contributed by atoms with van der Waals surface area (Å²) in [6.07, 6.45) is -1.42. The number of anilines is 1. The average Bonchev–Trinajstić information content (AvgIpc) is 3.56. The molecule has 4 atom stereocenters. The summed E-state index contributed by atoms with van der Waals surface area (Å²) in [4.78, 5) is 28.8. The van der Waals surface area contributed by atoms with Gasteiger partial charge in [-0.3, -0.25) is 4.57 Å². The number of carbonyl (C=O) groups excluding carboxylic acids is 1. The van der Waals surface area contributed by atoms with E-state index >= 15 is 0 Å². The number of fused-ring (bicyclic) bond motifs is 1. The Kier molecular flexibility index (Phi) is 7.27. The number of hydrogen-bond acceptors (Lipinski definition) is 9. The predicted octanol–water partition coefficient (Wildman–Crippen LogP) is 3.23. The van der Waals surface area contributed by atoms with E-state index in [4.69, 9.17) is 29.4 Å². The molecule has 1 amide bonds. The Morgan fingerprint density at radius 2 is 1.48 bits per heavy atom. The molecular formula is C31H30N4O7. The van der Waals surface area contributed by atoms with Crippen LogP contribution in [-0.4, -0.2) is 54.7 Å². The molecule has 0 saturated carbocycles. The van der Waals surface area contributed by atoms with Crippen LogP contribution in [0.3, 0.4) is 0 Å². The van der Waals surface area contributed by atoms with Crippen molar-refractivity contribution in [1.82, 2.24) is 14.9 Å². The van der Waals surface area contributed by atoms with Gasteiger partial charge in [0.1, 0.15) is 35.1 Å². The van der Waals surface area contributed by atoms with Crippen LogP contribution in [0.25, 0.3) is 0 Å². The van der Waals surface area contributed by atoms with E-state index in [1.54, 1.807) is 14.2 Å². The van der Waals surface area contributed by atoms with E-state index in [9.17, 15) is 9.59 Å². The Morgan fingerprint density at radius 1 is 0.881 bits per heavy atom. The number of nitrogen functional groups attached to an aromatic ring is 1. The number of nitrogens with one attached hydrogen (secondary N) is 1. The van der Waals surface area contributed by atoms with Gasteiger partial charge in [-0.1, -0.05) is 54.6 Å². The lowest BCUT2D eigenvalue weighted by Crippen LogP contribution is -2.41. The molecule has 11 nitrogen and oxygen atoms in total. The van der Waals surface area contributed by atoms with Crippen LogP contribution in [0, 0.1) is 0 Å². The molecule has 2 aliphatic heterocycles.